The van der Waals surface area contributed by atoms with E-state index in [4.69, 9.17) is 15.6 Å². The topological polar surface area (TPSA) is 92.9 Å². The van der Waals surface area contributed by atoms with Gasteiger partial charge in [0.15, 0.2) is 0 Å². The average molecular weight is 230 g/mol. The van der Waals surface area contributed by atoms with Crippen LogP contribution in [0.25, 0.3) is 0 Å². The summed E-state index contributed by atoms with van der Waals surface area (Å²) in [5.41, 5.74) is 5.24. The van der Waals surface area contributed by atoms with Crippen molar-refractivity contribution in [1.29, 1.82) is 0 Å². The van der Waals surface area contributed by atoms with Gasteiger partial charge < -0.3 is 15.6 Å². The van der Waals surface area contributed by atoms with Gasteiger partial charge in [-0.25, -0.2) is 0 Å². The standard InChI is InChI=1S/C10H18N2O4/c1-2-3-7(10(14)15)12-4-5-16-6-8(12)9(11)13/h7-8H,2-6H2,1H3,(H2,11,13)(H,14,15). The zero-order chi connectivity index (χ0) is 12.1. The van der Waals surface area contributed by atoms with Crippen molar-refractivity contribution in [2.24, 2.45) is 5.73 Å². The number of carbonyl (C=O) groups excluding carboxylic acids is 1. The highest BCUT2D eigenvalue weighted by Gasteiger charge is 2.35. The largest absolute Gasteiger partial charge is 0.480 e. The van der Waals surface area contributed by atoms with Crippen molar-refractivity contribution in [2.45, 2.75) is 31.8 Å². The molecule has 0 aliphatic carbocycles. The quantitative estimate of drug-likeness (QED) is 0.659. The Morgan fingerprint density at radius 2 is 2.31 bits per heavy atom. The Morgan fingerprint density at radius 3 is 2.81 bits per heavy atom. The number of nitrogens with zero attached hydrogens (tertiary/aromatic N) is 1. The molecule has 1 saturated heterocycles. The molecule has 16 heavy (non-hydrogen) atoms. The van der Waals surface area contributed by atoms with Crippen LogP contribution in [0.5, 0.6) is 0 Å². The number of hydrogen-bond acceptors (Lipinski definition) is 4. The number of hydrogen-bond donors (Lipinski definition) is 2. The molecule has 0 radical (unpaired) electrons. The fourth-order valence-electron chi connectivity index (χ4n) is 1.94. The lowest BCUT2D eigenvalue weighted by atomic mass is 10.1. The molecule has 1 amide bonds. The van der Waals surface area contributed by atoms with E-state index in [-0.39, 0.29) is 6.61 Å². The first-order valence-electron chi connectivity index (χ1n) is 5.43. The van der Waals surface area contributed by atoms with Gasteiger partial charge in [0, 0.05) is 6.54 Å². The molecule has 1 rings (SSSR count). The minimum atomic E-state index is -0.907. The maximum absolute atomic E-state index is 11.2. The van der Waals surface area contributed by atoms with Gasteiger partial charge in [-0.15, -0.1) is 0 Å². The van der Waals surface area contributed by atoms with E-state index in [1.165, 1.54) is 0 Å². The van der Waals surface area contributed by atoms with Gasteiger partial charge in [-0.2, -0.15) is 0 Å². The number of amides is 1. The molecule has 6 nitrogen and oxygen atoms in total. The summed E-state index contributed by atoms with van der Waals surface area (Å²) in [6, 6.07) is -1.27. The molecule has 0 aromatic heterocycles. The average Bonchev–Trinajstić information content (AvgIpc) is 2.25. The fourth-order valence-corrected chi connectivity index (χ4v) is 1.94. The van der Waals surface area contributed by atoms with E-state index < -0.39 is 24.0 Å². The molecule has 6 heteroatoms. The summed E-state index contributed by atoms with van der Waals surface area (Å²) in [7, 11) is 0. The molecular formula is C10H18N2O4. The molecule has 1 fully saturated rings. The normalized spacial score (nSPS) is 23.9. The van der Waals surface area contributed by atoms with E-state index >= 15 is 0 Å². The number of carbonyl (C=O) groups is 2. The second-order valence-electron chi connectivity index (χ2n) is 3.87. The number of aliphatic carboxylic acids is 1. The number of carboxylic acids is 1. The number of carboxylic acid groups (broad SMARTS) is 1. The summed E-state index contributed by atoms with van der Waals surface area (Å²) in [5, 5.41) is 9.12. The first kappa shape index (κ1) is 12.9. The molecule has 0 bridgehead atoms. The summed E-state index contributed by atoms with van der Waals surface area (Å²) in [6.07, 6.45) is 1.26. The van der Waals surface area contributed by atoms with Gasteiger partial charge in [-0.3, -0.25) is 14.5 Å². The lowest BCUT2D eigenvalue weighted by Gasteiger charge is -2.37. The van der Waals surface area contributed by atoms with Crippen LogP contribution < -0.4 is 5.73 Å². The molecule has 1 heterocycles. The Hall–Kier alpha value is -1.14. The molecule has 3 N–H and O–H groups in total. The molecule has 1 aliphatic heterocycles. The minimum Gasteiger partial charge on any atom is -0.480 e. The number of morpholine rings is 1. The Bertz CT molecular complexity index is 270. The third-order valence-corrected chi connectivity index (χ3v) is 2.75. The summed E-state index contributed by atoms with van der Waals surface area (Å²) < 4.78 is 5.15. The third kappa shape index (κ3) is 2.93. The smallest absolute Gasteiger partial charge is 0.320 e. The van der Waals surface area contributed by atoms with Crippen molar-refractivity contribution in [3.8, 4) is 0 Å². The van der Waals surface area contributed by atoms with Crippen LogP contribution in [0.15, 0.2) is 0 Å². The third-order valence-electron chi connectivity index (χ3n) is 2.75. The monoisotopic (exact) mass is 230 g/mol. The molecule has 92 valence electrons. The second kappa shape index (κ2) is 5.81. The molecule has 0 aromatic carbocycles. The van der Waals surface area contributed by atoms with Gasteiger partial charge >= 0.3 is 5.97 Å². The van der Waals surface area contributed by atoms with E-state index in [2.05, 4.69) is 0 Å². The maximum atomic E-state index is 11.2. The first-order chi connectivity index (χ1) is 7.57. The molecule has 0 spiro atoms. The van der Waals surface area contributed by atoms with Crippen molar-refractivity contribution >= 4 is 11.9 Å². The predicted molar refractivity (Wildman–Crippen MR) is 56.8 cm³/mol. The Labute approximate surface area is 94.3 Å². The molecular weight excluding hydrogens is 212 g/mol. The summed E-state index contributed by atoms with van der Waals surface area (Å²) in [6.45, 7) is 2.97. The van der Waals surface area contributed by atoms with Crippen LogP contribution >= 0.6 is 0 Å². The Morgan fingerprint density at radius 1 is 1.62 bits per heavy atom. The van der Waals surface area contributed by atoms with Gasteiger partial charge in [-0.05, 0) is 6.42 Å². The molecule has 2 unspecified atom stereocenters. The van der Waals surface area contributed by atoms with E-state index in [0.29, 0.717) is 19.6 Å². The zero-order valence-electron chi connectivity index (χ0n) is 9.39. The van der Waals surface area contributed by atoms with Gasteiger partial charge in [-0.1, -0.05) is 13.3 Å². The highest BCUT2D eigenvalue weighted by atomic mass is 16.5. The number of nitrogens with two attached hydrogens (primary N) is 1. The van der Waals surface area contributed by atoms with Crippen LogP contribution in [-0.2, 0) is 14.3 Å². The Balaban J connectivity index is 2.78. The van der Waals surface area contributed by atoms with Gasteiger partial charge in [0.1, 0.15) is 12.1 Å². The maximum Gasteiger partial charge on any atom is 0.320 e. The van der Waals surface area contributed by atoms with E-state index in [1.807, 2.05) is 6.92 Å². The molecule has 1 aliphatic rings. The van der Waals surface area contributed by atoms with Crippen LogP contribution in [0.4, 0.5) is 0 Å². The van der Waals surface area contributed by atoms with E-state index in [9.17, 15) is 9.59 Å². The molecule has 0 aromatic rings. The van der Waals surface area contributed by atoms with Crippen LogP contribution in [0.1, 0.15) is 19.8 Å². The summed E-state index contributed by atoms with van der Waals surface area (Å²) in [4.78, 5) is 24.0. The lowest BCUT2D eigenvalue weighted by Crippen LogP contribution is -2.58. The summed E-state index contributed by atoms with van der Waals surface area (Å²) >= 11 is 0. The van der Waals surface area contributed by atoms with Crippen LogP contribution in [0.2, 0.25) is 0 Å². The molecule has 0 saturated carbocycles. The van der Waals surface area contributed by atoms with E-state index in [0.717, 1.165) is 6.42 Å². The molecule has 2 atom stereocenters. The van der Waals surface area contributed by atoms with Gasteiger partial charge in [0.25, 0.3) is 0 Å². The van der Waals surface area contributed by atoms with Crippen LogP contribution in [0.3, 0.4) is 0 Å². The van der Waals surface area contributed by atoms with Crippen molar-refractivity contribution < 1.29 is 19.4 Å². The van der Waals surface area contributed by atoms with Crippen molar-refractivity contribution in [1.82, 2.24) is 4.90 Å². The zero-order valence-corrected chi connectivity index (χ0v) is 9.39. The van der Waals surface area contributed by atoms with E-state index in [1.54, 1.807) is 4.90 Å². The second-order valence-corrected chi connectivity index (χ2v) is 3.87. The van der Waals surface area contributed by atoms with Crippen molar-refractivity contribution in [3.63, 3.8) is 0 Å². The van der Waals surface area contributed by atoms with Crippen LogP contribution in [0, 0.1) is 0 Å². The van der Waals surface area contributed by atoms with Crippen molar-refractivity contribution in [3.05, 3.63) is 0 Å². The number of primary amides is 1. The fraction of sp³-hybridized carbons (Fsp3) is 0.800. The van der Waals surface area contributed by atoms with Crippen LogP contribution in [-0.4, -0.2) is 53.7 Å². The number of ether oxygens (including phenoxy) is 1. The first-order valence-corrected chi connectivity index (χ1v) is 5.43. The minimum absolute atomic E-state index is 0.183. The Kier molecular flexibility index (Phi) is 4.70. The SMILES string of the molecule is CCCC(C(=O)O)N1CCOCC1C(N)=O. The number of rotatable bonds is 5. The predicted octanol–water partition coefficient (Wildman–Crippen LogP) is -0.574. The summed E-state index contributed by atoms with van der Waals surface area (Å²) in [5.74, 6) is -1.43. The highest BCUT2D eigenvalue weighted by molar-refractivity contribution is 5.81. The van der Waals surface area contributed by atoms with Crippen molar-refractivity contribution in [2.75, 3.05) is 19.8 Å². The highest BCUT2D eigenvalue weighted by Crippen LogP contribution is 2.15. The van der Waals surface area contributed by atoms with Gasteiger partial charge in [0.05, 0.1) is 13.2 Å². The lowest BCUT2D eigenvalue weighted by molar-refractivity contribution is -0.150. The van der Waals surface area contributed by atoms with Gasteiger partial charge in [0.2, 0.25) is 5.91 Å².